The number of hydrogen-bond acceptors (Lipinski definition) is 5. The lowest BCUT2D eigenvalue weighted by molar-refractivity contribution is -0.146. The summed E-state index contributed by atoms with van der Waals surface area (Å²) >= 11 is 0. The van der Waals surface area contributed by atoms with Crippen LogP contribution in [0.2, 0.25) is 0 Å². The number of Topliss-reactive ketones (excluding diaryl/α,β-unsaturated/α-hetero) is 1. The van der Waals surface area contributed by atoms with E-state index in [1.807, 2.05) is 12.1 Å². The van der Waals surface area contributed by atoms with E-state index in [1.54, 1.807) is 79.7 Å². The van der Waals surface area contributed by atoms with Gasteiger partial charge in [0.25, 0.3) is 5.78 Å². The van der Waals surface area contributed by atoms with Crippen LogP contribution in [0, 0.1) is 6.92 Å². The number of esters is 1. The molecule has 1 aliphatic heterocycles. The number of amides is 1. The van der Waals surface area contributed by atoms with Crippen molar-refractivity contribution in [1.29, 1.82) is 0 Å². The minimum Gasteiger partial charge on any atom is -0.507 e. The molecule has 7 nitrogen and oxygen atoms in total. The van der Waals surface area contributed by atoms with Gasteiger partial charge in [0.1, 0.15) is 5.76 Å². The lowest BCUT2D eigenvalue weighted by Crippen LogP contribution is -2.51. The fourth-order valence-corrected chi connectivity index (χ4v) is 4.97. The van der Waals surface area contributed by atoms with Crippen LogP contribution < -0.4 is 4.90 Å². The Bertz CT molecular complexity index is 1500. The van der Waals surface area contributed by atoms with Crippen molar-refractivity contribution in [1.82, 2.24) is 4.98 Å². The first-order valence-electron chi connectivity index (χ1n) is 11.0. The molecule has 35 heavy (non-hydrogen) atoms. The number of fused-ring (bicyclic) bond motifs is 1. The van der Waals surface area contributed by atoms with Gasteiger partial charge in [-0.1, -0.05) is 66.7 Å². The lowest BCUT2D eigenvalue weighted by atomic mass is 9.79. The Morgan fingerprint density at radius 1 is 0.914 bits per heavy atom. The highest BCUT2D eigenvalue weighted by molar-refractivity contribution is 6.54. The maximum absolute atomic E-state index is 13.9. The van der Waals surface area contributed by atoms with Crippen LogP contribution in [-0.4, -0.2) is 34.9 Å². The highest BCUT2D eigenvalue weighted by Gasteiger charge is 2.65. The number of anilines is 1. The molecule has 1 unspecified atom stereocenters. The third-order valence-corrected chi connectivity index (χ3v) is 6.36. The number of aryl methyl sites for hydroxylation is 1. The summed E-state index contributed by atoms with van der Waals surface area (Å²) in [6.07, 6.45) is 0. The van der Waals surface area contributed by atoms with Crippen LogP contribution in [0.3, 0.4) is 0 Å². The van der Waals surface area contributed by atoms with Gasteiger partial charge in [-0.3, -0.25) is 14.5 Å². The van der Waals surface area contributed by atoms with Crippen molar-refractivity contribution in [2.24, 2.45) is 0 Å². The Balaban J connectivity index is 2.00. The molecule has 1 saturated heterocycles. The van der Waals surface area contributed by atoms with E-state index in [4.69, 9.17) is 4.74 Å². The number of aromatic nitrogens is 1. The van der Waals surface area contributed by atoms with Crippen LogP contribution in [0.15, 0.2) is 90.5 Å². The van der Waals surface area contributed by atoms with Crippen molar-refractivity contribution in [3.05, 3.63) is 107 Å². The second kappa shape index (κ2) is 8.29. The Morgan fingerprint density at radius 2 is 1.51 bits per heavy atom. The SMILES string of the molecule is COC(=O)C1(c2c(C)[nH]c3ccccc23)/C(=C(\O)c2ccccc2)C(=O)C(=O)N1c1ccccc1. The minimum atomic E-state index is -2.08. The molecular formula is C28H22N2O5. The summed E-state index contributed by atoms with van der Waals surface area (Å²) in [5.74, 6) is -3.25. The van der Waals surface area contributed by atoms with Gasteiger partial charge in [0.2, 0.25) is 5.54 Å². The van der Waals surface area contributed by atoms with E-state index in [1.165, 1.54) is 7.11 Å². The minimum absolute atomic E-state index is 0.296. The number of carbonyl (C=O) groups excluding carboxylic acids is 3. The number of ketones is 1. The first-order valence-corrected chi connectivity index (χ1v) is 11.0. The fraction of sp³-hybridized carbons (Fsp3) is 0.107. The molecule has 3 aromatic carbocycles. The van der Waals surface area contributed by atoms with Gasteiger partial charge in [0.15, 0.2) is 0 Å². The number of ether oxygens (including phenoxy) is 1. The smallest absolute Gasteiger partial charge is 0.342 e. The Labute approximate surface area is 201 Å². The van der Waals surface area contributed by atoms with E-state index in [0.29, 0.717) is 33.4 Å². The summed E-state index contributed by atoms with van der Waals surface area (Å²) in [5, 5.41) is 12.1. The number of H-pyrrole nitrogens is 1. The third-order valence-electron chi connectivity index (χ3n) is 6.36. The van der Waals surface area contributed by atoms with E-state index in [-0.39, 0.29) is 5.57 Å². The highest BCUT2D eigenvalue weighted by atomic mass is 16.5. The number of nitrogens with zero attached hydrogens (tertiary/aromatic N) is 1. The van der Waals surface area contributed by atoms with Gasteiger partial charge in [0, 0.05) is 33.4 Å². The number of nitrogens with one attached hydrogen (secondary N) is 1. The average molecular weight is 466 g/mol. The number of rotatable bonds is 4. The van der Waals surface area contributed by atoms with Gasteiger partial charge in [-0.2, -0.15) is 0 Å². The first kappa shape index (κ1) is 22.2. The van der Waals surface area contributed by atoms with Gasteiger partial charge < -0.3 is 14.8 Å². The number of hydrogen-bond donors (Lipinski definition) is 2. The van der Waals surface area contributed by atoms with Crippen molar-refractivity contribution in [3.63, 3.8) is 0 Å². The molecule has 2 N–H and O–H groups in total. The summed E-state index contributed by atoms with van der Waals surface area (Å²) < 4.78 is 5.29. The van der Waals surface area contributed by atoms with Crippen LogP contribution in [0.5, 0.6) is 0 Å². The Hall–Kier alpha value is -4.65. The zero-order chi connectivity index (χ0) is 24.7. The standard InChI is InChI=1S/C28H22N2O5/c1-17-22(20-15-9-10-16-21(20)29-17)28(27(34)35-2)23(24(31)18-11-5-3-6-12-18)25(32)26(33)30(28)19-13-7-4-8-14-19/h3-16,29,31H,1-2H3/b24-23-. The van der Waals surface area contributed by atoms with Crippen molar-refractivity contribution in [3.8, 4) is 0 Å². The summed E-state index contributed by atoms with van der Waals surface area (Å²) in [4.78, 5) is 45.6. The summed E-state index contributed by atoms with van der Waals surface area (Å²) in [5.41, 5.74) is -0.188. The van der Waals surface area contributed by atoms with Crippen molar-refractivity contribution < 1.29 is 24.2 Å². The number of aromatic amines is 1. The molecule has 1 amide bonds. The summed E-state index contributed by atoms with van der Waals surface area (Å²) in [7, 11) is 1.20. The van der Waals surface area contributed by atoms with E-state index in [2.05, 4.69) is 4.98 Å². The van der Waals surface area contributed by atoms with E-state index < -0.39 is 29.0 Å². The van der Waals surface area contributed by atoms with Crippen LogP contribution in [0.1, 0.15) is 16.8 Å². The fourth-order valence-electron chi connectivity index (χ4n) is 4.97. The molecule has 2 heterocycles. The van der Waals surface area contributed by atoms with Crippen LogP contribution in [0.4, 0.5) is 5.69 Å². The van der Waals surface area contributed by atoms with Crippen molar-refractivity contribution in [2.45, 2.75) is 12.5 Å². The zero-order valence-electron chi connectivity index (χ0n) is 19.1. The number of aliphatic hydroxyl groups excluding tert-OH is 1. The molecule has 5 rings (SSSR count). The Morgan fingerprint density at radius 3 is 2.17 bits per heavy atom. The second-order valence-electron chi connectivity index (χ2n) is 8.27. The molecule has 1 aliphatic rings. The maximum atomic E-state index is 13.9. The van der Waals surface area contributed by atoms with Gasteiger partial charge in [-0.25, -0.2) is 4.79 Å². The highest BCUT2D eigenvalue weighted by Crippen LogP contribution is 2.51. The molecule has 1 aromatic heterocycles. The molecule has 0 radical (unpaired) electrons. The van der Waals surface area contributed by atoms with Crippen LogP contribution >= 0.6 is 0 Å². The normalized spacial score (nSPS) is 19.3. The average Bonchev–Trinajstić information content (AvgIpc) is 3.35. The molecular weight excluding hydrogens is 444 g/mol. The van der Waals surface area contributed by atoms with Gasteiger partial charge in [-0.15, -0.1) is 0 Å². The summed E-state index contributed by atoms with van der Waals surface area (Å²) in [6.45, 7) is 1.76. The molecule has 0 spiro atoms. The second-order valence-corrected chi connectivity index (χ2v) is 8.27. The molecule has 1 fully saturated rings. The van der Waals surface area contributed by atoms with Gasteiger partial charge >= 0.3 is 11.9 Å². The lowest BCUT2D eigenvalue weighted by Gasteiger charge is -2.36. The molecule has 0 bridgehead atoms. The van der Waals surface area contributed by atoms with Gasteiger partial charge in [0.05, 0.1) is 12.7 Å². The molecule has 4 aromatic rings. The molecule has 7 heteroatoms. The number of para-hydroxylation sites is 2. The number of methoxy groups -OCH3 is 1. The summed E-state index contributed by atoms with van der Waals surface area (Å²) in [6, 6.07) is 24.1. The van der Waals surface area contributed by atoms with E-state index in [0.717, 1.165) is 4.90 Å². The predicted octanol–water partition coefficient (Wildman–Crippen LogP) is 4.43. The molecule has 174 valence electrons. The quantitative estimate of drug-likeness (QED) is 0.201. The van der Waals surface area contributed by atoms with Crippen molar-refractivity contribution >= 4 is 40.0 Å². The number of aliphatic hydroxyl groups is 1. The number of benzene rings is 3. The monoisotopic (exact) mass is 466 g/mol. The van der Waals surface area contributed by atoms with Crippen molar-refractivity contribution in [2.75, 3.05) is 12.0 Å². The Kier molecular flexibility index (Phi) is 5.25. The van der Waals surface area contributed by atoms with Crippen LogP contribution in [-0.2, 0) is 24.7 Å². The van der Waals surface area contributed by atoms with Crippen LogP contribution in [0.25, 0.3) is 16.7 Å². The van der Waals surface area contributed by atoms with E-state index in [9.17, 15) is 19.5 Å². The molecule has 0 aliphatic carbocycles. The zero-order valence-corrected chi connectivity index (χ0v) is 19.1. The number of carbonyl (C=O) groups is 3. The third kappa shape index (κ3) is 3.09. The van der Waals surface area contributed by atoms with Gasteiger partial charge in [-0.05, 0) is 25.1 Å². The molecule has 1 atom stereocenters. The largest absolute Gasteiger partial charge is 0.507 e. The van der Waals surface area contributed by atoms with E-state index >= 15 is 0 Å². The molecule has 0 saturated carbocycles. The first-order chi connectivity index (χ1) is 16.9. The predicted molar refractivity (Wildman–Crippen MR) is 132 cm³/mol. The maximum Gasteiger partial charge on any atom is 0.342 e. The topological polar surface area (TPSA) is 99.7 Å².